The van der Waals surface area contributed by atoms with Gasteiger partial charge in [-0.3, -0.25) is 4.90 Å². The first-order chi connectivity index (χ1) is 10.6. The Kier molecular flexibility index (Phi) is 8.57. The molecular formula is C18H28N2O2. The van der Waals surface area contributed by atoms with Crippen LogP contribution in [-0.4, -0.2) is 41.8 Å². The van der Waals surface area contributed by atoms with Crippen molar-refractivity contribution in [3.63, 3.8) is 0 Å². The van der Waals surface area contributed by atoms with Crippen LogP contribution in [0.15, 0.2) is 24.3 Å². The first kappa shape index (κ1) is 18.5. The van der Waals surface area contributed by atoms with E-state index in [1.807, 2.05) is 0 Å². The van der Waals surface area contributed by atoms with Crippen molar-refractivity contribution in [2.45, 2.75) is 52.2 Å². The van der Waals surface area contributed by atoms with E-state index in [0.717, 1.165) is 25.8 Å². The summed E-state index contributed by atoms with van der Waals surface area (Å²) in [4.78, 5) is 2.33. The Balaban J connectivity index is 2.44. The molecule has 0 aliphatic carbocycles. The van der Waals surface area contributed by atoms with E-state index >= 15 is 0 Å². The minimum Gasteiger partial charge on any atom is -0.491 e. The van der Waals surface area contributed by atoms with Gasteiger partial charge in [0.15, 0.2) is 0 Å². The standard InChI is InChI=1S/C18H28N2O2/c1-4-6-11-20(15(3)5-2)13-17(21)14-22-18-9-7-16(12-19)8-10-18/h7-10,15,17,21H,4-6,11,13-14H2,1-3H3/t15-,17-/m1/s1. The summed E-state index contributed by atoms with van der Waals surface area (Å²) in [5.74, 6) is 0.682. The number of benzene rings is 1. The van der Waals surface area contributed by atoms with Gasteiger partial charge in [-0.05, 0) is 50.6 Å². The first-order valence-electron chi connectivity index (χ1n) is 8.15. The zero-order valence-corrected chi connectivity index (χ0v) is 14.0. The number of hydrogen-bond donors (Lipinski definition) is 1. The summed E-state index contributed by atoms with van der Waals surface area (Å²) in [5.41, 5.74) is 0.607. The summed E-state index contributed by atoms with van der Waals surface area (Å²) in [5, 5.41) is 19.0. The summed E-state index contributed by atoms with van der Waals surface area (Å²) in [6.07, 6.45) is 2.87. The van der Waals surface area contributed by atoms with E-state index in [0.29, 0.717) is 23.9 Å². The third kappa shape index (κ3) is 6.46. The number of aliphatic hydroxyl groups excluding tert-OH is 1. The van der Waals surface area contributed by atoms with E-state index in [1.165, 1.54) is 0 Å². The number of nitriles is 1. The van der Waals surface area contributed by atoms with E-state index < -0.39 is 6.10 Å². The lowest BCUT2D eigenvalue weighted by Crippen LogP contribution is -2.41. The number of hydrogen-bond acceptors (Lipinski definition) is 4. The van der Waals surface area contributed by atoms with Crippen molar-refractivity contribution in [3.05, 3.63) is 29.8 Å². The van der Waals surface area contributed by atoms with E-state index in [-0.39, 0.29) is 6.61 Å². The lowest BCUT2D eigenvalue weighted by molar-refractivity contribution is 0.0534. The minimum atomic E-state index is -0.513. The third-order valence-corrected chi connectivity index (χ3v) is 3.88. The van der Waals surface area contributed by atoms with Crippen LogP contribution in [0.25, 0.3) is 0 Å². The molecule has 0 unspecified atom stereocenters. The van der Waals surface area contributed by atoms with Gasteiger partial charge < -0.3 is 9.84 Å². The average Bonchev–Trinajstić information content (AvgIpc) is 2.56. The second-order valence-electron chi connectivity index (χ2n) is 5.71. The maximum Gasteiger partial charge on any atom is 0.119 e. The molecule has 0 saturated heterocycles. The van der Waals surface area contributed by atoms with Crippen LogP contribution >= 0.6 is 0 Å². The number of rotatable bonds is 10. The van der Waals surface area contributed by atoms with Gasteiger partial charge in [-0.25, -0.2) is 0 Å². The van der Waals surface area contributed by atoms with Crippen molar-refractivity contribution in [1.29, 1.82) is 5.26 Å². The van der Waals surface area contributed by atoms with Crippen molar-refractivity contribution in [1.82, 2.24) is 4.90 Å². The molecule has 0 aromatic heterocycles. The van der Waals surface area contributed by atoms with Crippen molar-refractivity contribution >= 4 is 0 Å². The summed E-state index contributed by atoms with van der Waals surface area (Å²) >= 11 is 0. The van der Waals surface area contributed by atoms with Crippen molar-refractivity contribution in [3.8, 4) is 11.8 Å². The molecular weight excluding hydrogens is 276 g/mol. The molecule has 0 aliphatic heterocycles. The van der Waals surface area contributed by atoms with E-state index in [1.54, 1.807) is 24.3 Å². The van der Waals surface area contributed by atoms with Gasteiger partial charge >= 0.3 is 0 Å². The number of ether oxygens (including phenoxy) is 1. The predicted molar refractivity (Wildman–Crippen MR) is 88.9 cm³/mol. The van der Waals surface area contributed by atoms with Crippen molar-refractivity contribution in [2.24, 2.45) is 0 Å². The van der Waals surface area contributed by atoms with Gasteiger partial charge in [0, 0.05) is 12.6 Å². The van der Waals surface area contributed by atoms with E-state index in [2.05, 4.69) is 31.7 Å². The van der Waals surface area contributed by atoms with Gasteiger partial charge in [-0.2, -0.15) is 5.26 Å². The van der Waals surface area contributed by atoms with Crippen LogP contribution in [0.4, 0.5) is 0 Å². The van der Waals surface area contributed by atoms with Gasteiger partial charge in [0.05, 0.1) is 11.6 Å². The number of nitrogens with zero attached hydrogens (tertiary/aromatic N) is 2. The highest BCUT2D eigenvalue weighted by Gasteiger charge is 2.16. The molecule has 1 aromatic carbocycles. The highest BCUT2D eigenvalue weighted by Crippen LogP contribution is 2.13. The molecule has 2 atom stereocenters. The highest BCUT2D eigenvalue weighted by molar-refractivity contribution is 5.34. The Bertz CT molecular complexity index is 453. The molecule has 4 nitrogen and oxygen atoms in total. The molecule has 4 heteroatoms. The Hall–Kier alpha value is -1.57. The number of unbranched alkanes of at least 4 members (excludes halogenated alkanes) is 1. The largest absolute Gasteiger partial charge is 0.491 e. The summed E-state index contributed by atoms with van der Waals surface area (Å²) in [6.45, 7) is 8.46. The van der Waals surface area contributed by atoms with Crippen LogP contribution in [0.1, 0.15) is 45.6 Å². The molecule has 0 radical (unpaired) electrons. The Morgan fingerprint density at radius 2 is 1.95 bits per heavy atom. The summed E-state index contributed by atoms with van der Waals surface area (Å²) in [7, 11) is 0. The fraction of sp³-hybridized carbons (Fsp3) is 0.611. The molecule has 0 saturated carbocycles. The fourth-order valence-corrected chi connectivity index (χ4v) is 2.25. The van der Waals surface area contributed by atoms with Crippen LogP contribution in [0.3, 0.4) is 0 Å². The van der Waals surface area contributed by atoms with Crippen LogP contribution in [0, 0.1) is 11.3 Å². The molecule has 0 spiro atoms. The highest BCUT2D eigenvalue weighted by atomic mass is 16.5. The lowest BCUT2D eigenvalue weighted by Gasteiger charge is -2.30. The van der Waals surface area contributed by atoms with Gasteiger partial charge in [0.1, 0.15) is 18.5 Å². The van der Waals surface area contributed by atoms with Gasteiger partial charge in [-0.1, -0.05) is 20.3 Å². The van der Waals surface area contributed by atoms with Crippen LogP contribution < -0.4 is 4.74 Å². The Morgan fingerprint density at radius 3 is 2.50 bits per heavy atom. The monoisotopic (exact) mass is 304 g/mol. The molecule has 1 N–H and O–H groups in total. The quantitative estimate of drug-likeness (QED) is 0.721. The summed E-state index contributed by atoms with van der Waals surface area (Å²) < 4.78 is 5.60. The first-order valence-corrected chi connectivity index (χ1v) is 8.15. The smallest absolute Gasteiger partial charge is 0.119 e. The second-order valence-corrected chi connectivity index (χ2v) is 5.71. The molecule has 1 rings (SSSR count). The molecule has 0 fully saturated rings. The lowest BCUT2D eigenvalue weighted by atomic mass is 10.1. The molecule has 0 bridgehead atoms. The molecule has 122 valence electrons. The van der Waals surface area contributed by atoms with Crippen LogP contribution in [0.2, 0.25) is 0 Å². The zero-order valence-electron chi connectivity index (χ0n) is 14.0. The minimum absolute atomic E-state index is 0.269. The molecule has 1 aromatic rings. The molecule has 0 amide bonds. The van der Waals surface area contributed by atoms with Crippen LogP contribution in [0.5, 0.6) is 5.75 Å². The maximum atomic E-state index is 10.2. The topological polar surface area (TPSA) is 56.5 Å². The fourth-order valence-electron chi connectivity index (χ4n) is 2.25. The Morgan fingerprint density at radius 1 is 1.27 bits per heavy atom. The molecule has 0 aliphatic rings. The molecule has 0 heterocycles. The van der Waals surface area contributed by atoms with Gasteiger partial charge in [-0.15, -0.1) is 0 Å². The second kappa shape index (κ2) is 10.2. The van der Waals surface area contributed by atoms with Crippen molar-refractivity contribution < 1.29 is 9.84 Å². The van der Waals surface area contributed by atoms with Gasteiger partial charge in [0.25, 0.3) is 0 Å². The normalized spacial score (nSPS) is 13.6. The Labute approximate surface area is 134 Å². The third-order valence-electron chi connectivity index (χ3n) is 3.88. The maximum absolute atomic E-state index is 10.2. The van der Waals surface area contributed by atoms with E-state index in [9.17, 15) is 5.11 Å². The molecule has 22 heavy (non-hydrogen) atoms. The predicted octanol–water partition coefficient (Wildman–Crippen LogP) is 3.20. The number of aliphatic hydroxyl groups is 1. The van der Waals surface area contributed by atoms with E-state index in [4.69, 9.17) is 10.00 Å². The van der Waals surface area contributed by atoms with Gasteiger partial charge in [0.2, 0.25) is 0 Å². The van der Waals surface area contributed by atoms with Crippen molar-refractivity contribution in [2.75, 3.05) is 19.7 Å². The van der Waals surface area contributed by atoms with Crippen LogP contribution in [-0.2, 0) is 0 Å². The zero-order chi connectivity index (χ0) is 16.4. The average molecular weight is 304 g/mol. The summed E-state index contributed by atoms with van der Waals surface area (Å²) in [6, 6.07) is 9.49. The SMILES string of the molecule is CCCCN(C[C@@H](O)COc1ccc(C#N)cc1)[C@H](C)CC.